The molecule has 2 aromatic carbocycles. The first-order chi connectivity index (χ1) is 9.18. The van der Waals surface area contributed by atoms with Gasteiger partial charge in [0.25, 0.3) is 0 Å². The van der Waals surface area contributed by atoms with Crippen LogP contribution in [0, 0.1) is 13.8 Å². The van der Waals surface area contributed by atoms with Crippen LogP contribution in [-0.4, -0.2) is 5.78 Å². The summed E-state index contributed by atoms with van der Waals surface area (Å²) in [6, 6.07) is 14.2. The van der Waals surface area contributed by atoms with Crippen molar-refractivity contribution in [2.75, 3.05) is 0 Å². The van der Waals surface area contributed by atoms with Gasteiger partial charge in [0.2, 0.25) is 5.78 Å². The number of ketones is 1. The van der Waals surface area contributed by atoms with Crippen molar-refractivity contribution in [1.82, 2.24) is 0 Å². The molecule has 1 aromatic heterocycles. The molecule has 0 atom stereocenters. The fourth-order valence-corrected chi connectivity index (χ4v) is 3.27. The van der Waals surface area contributed by atoms with Gasteiger partial charge in [-0.15, -0.1) is 11.3 Å². The summed E-state index contributed by atoms with van der Waals surface area (Å²) in [5.74, 6) is 0.141. The Kier molecular flexibility index (Phi) is 2.96. The maximum atomic E-state index is 12.8. The minimum absolute atomic E-state index is 0.141. The number of benzene rings is 2. The lowest BCUT2D eigenvalue weighted by Crippen LogP contribution is -2.04. The molecule has 0 unspecified atom stereocenters. The van der Waals surface area contributed by atoms with E-state index in [2.05, 4.69) is 6.07 Å². The summed E-state index contributed by atoms with van der Waals surface area (Å²) in [6.45, 7) is 3.99. The zero-order chi connectivity index (χ0) is 13.4. The summed E-state index contributed by atoms with van der Waals surface area (Å²) in [5, 5.41) is 4.13. The van der Waals surface area contributed by atoms with E-state index < -0.39 is 0 Å². The van der Waals surface area contributed by atoms with Crippen LogP contribution in [0.25, 0.3) is 10.8 Å². The average Bonchev–Trinajstić information content (AvgIpc) is 2.84. The van der Waals surface area contributed by atoms with Crippen LogP contribution in [0.15, 0.2) is 47.8 Å². The Morgan fingerprint density at radius 2 is 1.74 bits per heavy atom. The molecule has 0 saturated carbocycles. The maximum absolute atomic E-state index is 12.8. The van der Waals surface area contributed by atoms with Crippen molar-refractivity contribution in [1.29, 1.82) is 0 Å². The Bertz CT molecular complexity index is 768. The van der Waals surface area contributed by atoms with Gasteiger partial charge < -0.3 is 0 Å². The number of hydrogen-bond donors (Lipinski definition) is 0. The molecular weight excluding hydrogens is 252 g/mol. The molecule has 0 amide bonds. The number of fused-ring (bicyclic) bond motifs is 1. The second-order valence-corrected chi connectivity index (χ2v) is 5.66. The van der Waals surface area contributed by atoms with Crippen molar-refractivity contribution in [3.05, 3.63) is 69.4 Å². The van der Waals surface area contributed by atoms with Gasteiger partial charge >= 0.3 is 0 Å². The van der Waals surface area contributed by atoms with E-state index in [-0.39, 0.29) is 5.78 Å². The van der Waals surface area contributed by atoms with Crippen LogP contribution < -0.4 is 0 Å². The maximum Gasteiger partial charge on any atom is 0.204 e. The Morgan fingerprint density at radius 1 is 0.947 bits per heavy atom. The monoisotopic (exact) mass is 266 g/mol. The van der Waals surface area contributed by atoms with Gasteiger partial charge in [0.05, 0.1) is 4.88 Å². The first kappa shape index (κ1) is 12.1. The number of carbonyl (C=O) groups excluding carboxylic acids is 1. The van der Waals surface area contributed by atoms with E-state index >= 15 is 0 Å². The van der Waals surface area contributed by atoms with Gasteiger partial charge in [-0.1, -0.05) is 36.4 Å². The lowest BCUT2D eigenvalue weighted by atomic mass is 9.95. The van der Waals surface area contributed by atoms with Crippen LogP contribution in [0.3, 0.4) is 0 Å². The highest BCUT2D eigenvalue weighted by Gasteiger charge is 2.17. The normalized spacial score (nSPS) is 10.8. The predicted octanol–water partition coefficient (Wildman–Crippen LogP) is 4.75. The zero-order valence-corrected chi connectivity index (χ0v) is 11.8. The lowest BCUT2D eigenvalue weighted by molar-refractivity contribution is 0.104. The van der Waals surface area contributed by atoms with Crippen molar-refractivity contribution in [2.45, 2.75) is 13.8 Å². The molecule has 0 saturated heterocycles. The van der Waals surface area contributed by atoms with Gasteiger partial charge in [-0.25, -0.2) is 0 Å². The molecular formula is C17H14OS. The third kappa shape index (κ3) is 1.98. The third-order valence-electron chi connectivity index (χ3n) is 3.43. The smallest absolute Gasteiger partial charge is 0.204 e. The molecule has 3 rings (SSSR count). The summed E-state index contributed by atoms with van der Waals surface area (Å²) < 4.78 is 0. The van der Waals surface area contributed by atoms with Crippen LogP contribution in [0.4, 0.5) is 0 Å². The van der Waals surface area contributed by atoms with Crippen LogP contribution in [0.1, 0.15) is 26.4 Å². The molecule has 1 heterocycles. The van der Waals surface area contributed by atoms with Gasteiger partial charge in [0, 0.05) is 5.56 Å². The van der Waals surface area contributed by atoms with Crippen molar-refractivity contribution in [3.63, 3.8) is 0 Å². The summed E-state index contributed by atoms with van der Waals surface area (Å²) in [6.07, 6.45) is 0. The van der Waals surface area contributed by atoms with Crippen LogP contribution >= 0.6 is 11.3 Å². The lowest BCUT2D eigenvalue weighted by Gasteiger charge is -2.09. The minimum Gasteiger partial charge on any atom is -0.288 e. The summed E-state index contributed by atoms with van der Waals surface area (Å²) >= 11 is 1.52. The standard InChI is InChI=1S/C17H14OS/c1-11-7-8-13-5-3-4-6-14(13)15(11)16(18)17-12(2)9-10-19-17/h3-10H,1-2H3. The van der Waals surface area contributed by atoms with Gasteiger partial charge in [-0.05, 0) is 47.2 Å². The summed E-state index contributed by atoms with van der Waals surface area (Å²) in [7, 11) is 0. The second kappa shape index (κ2) is 4.63. The molecule has 0 bridgehead atoms. The van der Waals surface area contributed by atoms with E-state index in [1.807, 2.05) is 55.6 Å². The average molecular weight is 266 g/mol. The Morgan fingerprint density at radius 3 is 2.47 bits per heavy atom. The van der Waals surface area contributed by atoms with Gasteiger partial charge in [0.1, 0.15) is 0 Å². The molecule has 94 valence electrons. The van der Waals surface area contributed by atoms with Crippen LogP contribution in [0.5, 0.6) is 0 Å². The number of hydrogen-bond acceptors (Lipinski definition) is 2. The van der Waals surface area contributed by atoms with E-state index in [1.165, 1.54) is 11.3 Å². The molecule has 0 N–H and O–H groups in total. The van der Waals surface area contributed by atoms with Crippen LogP contribution in [-0.2, 0) is 0 Å². The van der Waals surface area contributed by atoms with E-state index in [0.29, 0.717) is 0 Å². The van der Waals surface area contributed by atoms with Crippen molar-refractivity contribution >= 4 is 27.9 Å². The molecule has 19 heavy (non-hydrogen) atoms. The minimum atomic E-state index is 0.141. The van der Waals surface area contributed by atoms with Crippen molar-refractivity contribution in [2.24, 2.45) is 0 Å². The molecule has 0 fully saturated rings. The number of carbonyl (C=O) groups is 1. The number of rotatable bonds is 2. The van der Waals surface area contributed by atoms with Crippen molar-refractivity contribution in [3.8, 4) is 0 Å². The molecule has 0 radical (unpaired) electrons. The first-order valence-corrected chi connectivity index (χ1v) is 7.13. The SMILES string of the molecule is Cc1ccsc1C(=O)c1c(C)ccc2ccccc12. The van der Waals surface area contributed by atoms with Crippen LogP contribution in [0.2, 0.25) is 0 Å². The predicted molar refractivity (Wildman–Crippen MR) is 81.2 cm³/mol. The Hall–Kier alpha value is -1.93. The van der Waals surface area contributed by atoms with E-state index in [1.54, 1.807) is 0 Å². The molecule has 2 heteroatoms. The van der Waals surface area contributed by atoms with Gasteiger partial charge in [-0.2, -0.15) is 0 Å². The van der Waals surface area contributed by atoms with Crippen molar-refractivity contribution < 1.29 is 4.79 Å². The molecule has 0 aliphatic rings. The topological polar surface area (TPSA) is 17.1 Å². The van der Waals surface area contributed by atoms with E-state index in [9.17, 15) is 4.79 Å². The molecule has 3 aromatic rings. The fourth-order valence-electron chi connectivity index (χ4n) is 2.40. The first-order valence-electron chi connectivity index (χ1n) is 6.25. The summed E-state index contributed by atoms with van der Waals surface area (Å²) in [4.78, 5) is 13.6. The molecule has 0 spiro atoms. The highest BCUT2D eigenvalue weighted by molar-refractivity contribution is 7.12. The number of aryl methyl sites for hydroxylation is 2. The van der Waals surface area contributed by atoms with Gasteiger partial charge in [0.15, 0.2) is 0 Å². The quantitative estimate of drug-likeness (QED) is 0.612. The van der Waals surface area contributed by atoms with E-state index in [0.717, 1.165) is 32.3 Å². The summed E-state index contributed by atoms with van der Waals surface area (Å²) in [5.41, 5.74) is 2.93. The van der Waals surface area contributed by atoms with Gasteiger partial charge in [-0.3, -0.25) is 4.79 Å². The number of thiophene rings is 1. The second-order valence-electron chi connectivity index (χ2n) is 4.74. The highest BCUT2D eigenvalue weighted by atomic mass is 32.1. The zero-order valence-electron chi connectivity index (χ0n) is 10.9. The highest BCUT2D eigenvalue weighted by Crippen LogP contribution is 2.27. The third-order valence-corrected chi connectivity index (χ3v) is 4.45. The molecule has 0 aliphatic carbocycles. The largest absolute Gasteiger partial charge is 0.288 e. The Balaban J connectivity index is 2.28. The molecule has 1 nitrogen and oxygen atoms in total. The van der Waals surface area contributed by atoms with E-state index in [4.69, 9.17) is 0 Å². The fraction of sp³-hybridized carbons (Fsp3) is 0.118. The Labute approximate surface area is 116 Å². The molecule has 0 aliphatic heterocycles.